The lowest BCUT2D eigenvalue weighted by Crippen LogP contribution is -2.11. The highest BCUT2D eigenvalue weighted by Crippen LogP contribution is 2.16. The lowest BCUT2D eigenvalue weighted by Gasteiger charge is -2.05. The normalized spacial score (nSPS) is 10.0. The van der Waals surface area contributed by atoms with Crippen LogP contribution < -0.4 is 10.6 Å². The molecule has 0 spiro atoms. The Morgan fingerprint density at radius 2 is 1.74 bits per heavy atom. The molecule has 1 amide bonds. The van der Waals surface area contributed by atoms with E-state index < -0.39 is 0 Å². The van der Waals surface area contributed by atoms with Crippen LogP contribution in [-0.2, 0) is 0 Å². The van der Waals surface area contributed by atoms with E-state index in [-0.39, 0.29) is 23.2 Å². The average molecular weight is 258 g/mol. The molecule has 0 saturated heterocycles. The maximum Gasteiger partial charge on any atom is 0.291 e. The van der Waals surface area contributed by atoms with Crippen LogP contribution in [0.2, 0.25) is 0 Å². The van der Waals surface area contributed by atoms with E-state index >= 15 is 0 Å². The number of rotatable bonds is 4. The van der Waals surface area contributed by atoms with E-state index in [1.165, 1.54) is 19.1 Å². The van der Waals surface area contributed by atoms with Gasteiger partial charge in [0.25, 0.3) is 5.91 Å². The van der Waals surface area contributed by atoms with E-state index in [0.29, 0.717) is 5.69 Å². The Labute approximate surface area is 110 Å². The van der Waals surface area contributed by atoms with Crippen molar-refractivity contribution in [2.75, 3.05) is 17.7 Å². The van der Waals surface area contributed by atoms with E-state index in [0.717, 1.165) is 5.69 Å². The number of carbonyl (C=O) groups is 2. The Morgan fingerprint density at radius 1 is 1.05 bits per heavy atom. The van der Waals surface area contributed by atoms with Crippen molar-refractivity contribution in [1.29, 1.82) is 0 Å². The molecule has 5 nitrogen and oxygen atoms in total. The highest BCUT2D eigenvalue weighted by molar-refractivity contribution is 6.03. The molecule has 0 bridgehead atoms. The Hall–Kier alpha value is -2.56. The third-order valence-electron chi connectivity index (χ3n) is 2.59. The van der Waals surface area contributed by atoms with Crippen molar-refractivity contribution in [2.24, 2.45) is 0 Å². The third kappa shape index (κ3) is 3.01. The number of hydrogen-bond acceptors (Lipinski definition) is 4. The van der Waals surface area contributed by atoms with Crippen molar-refractivity contribution < 1.29 is 14.0 Å². The maximum absolute atomic E-state index is 11.9. The summed E-state index contributed by atoms with van der Waals surface area (Å²) in [5, 5.41) is 5.68. The summed E-state index contributed by atoms with van der Waals surface area (Å²) in [6.45, 7) is 1.39. The van der Waals surface area contributed by atoms with Gasteiger partial charge in [-0.2, -0.15) is 0 Å². The number of ketones is 1. The summed E-state index contributed by atoms with van der Waals surface area (Å²) >= 11 is 0. The number of nitrogens with one attached hydrogen (secondary N) is 2. The summed E-state index contributed by atoms with van der Waals surface area (Å²) in [5.41, 5.74) is 1.54. The van der Waals surface area contributed by atoms with Crippen molar-refractivity contribution >= 4 is 23.1 Å². The molecule has 1 aromatic carbocycles. The monoisotopic (exact) mass is 258 g/mol. The molecule has 98 valence electrons. The number of amides is 1. The molecule has 0 aliphatic heterocycles. The summed E-state index contributed by atoms with van der Waals surface area (Å²) in [6.07, 6.45) is 0. The Bertz CT molecular complexity index is 617. The maximum atomic E-state index is 11.9. The van der Waals surface area contributed by atoms with Gasteiger partial charge in [-0.25, -0.2) is 0 Å². The average Bonchev–Trinajstić information content (AvgIpc) is 2.89. The number of hydrogen-bond donors (Lipinski definition) is 2. The zero-order valence-corrected chi connectivity index (χ0v) is 10.7. The van der Waals surface area contributed by atoms with Gasteiger partial charge >= 0.3 is 0 Å². The predicted molar refractivity (Wildman–Crippen MR) is 72.7 cm³/mol. The highest BCUT2D eigenvalue weighted by Gasteiger charge is 2.13. The fourth-order valence-electron chi connectivity index (χ4n) is 1.59. The lowest BCUT2D eigenvalue weighted by atomic mass is 10.2. The van der Waals surface area contributed by atoms with Crippen LogP contribution in [0.25, 0.3) is 0 Å². The molecule has 2 N–H and O–H groups in total. The van der Waals surface area contributed by atoms with Crippen molar-refractivity contribution in [3.8, 4) is 0 Å². The van der Waals surface area contributed by atoms with Gasteiger partial charge in [-0.15, -0.1) is 0 Å². The molecule has 1 heterocycles. The van der Waals surface area contributed by atoms with Crippen molar-refractivity contribution in [2.45, 2.75) is 6.92 Å². The Kier molecular flexibility index (Phi) is 3.66. The van der Waals surface area contributed by atoms with Gasteiger partial charge in [0, 0.05) is 25.3 Å². The smallest absolute Gasteiger partial charge is 0.291 e. The topological polar surface area (TPSA) is 71.3 Å². The van der Waals surface area contributed by atoms with Crippen LogP contribution in [0.4, 0.5) is 11.4 Å². The van der Waals surface area contributed by atoms with E-state index in [1.807, 2.05) is 12.1 Å². The summed E-state index contributed by atoms with van der Waals surface area (Å²) in [6, 6.07) is 10.2. The first-order chi connectivity index (χ1) is 9.10. The molecule has 5 heteroatoms. The molecule has 19 heavy (non-hydrogen) atoms. The molecule has 0 aliphatic carbocycles. The highest BCUT2D eigenvalue weighted by atomic mass is 16.4. The molecule has 2 aromatic rings. The van der Waals surface area contributed by atoms with Crippen molar-refractivity contribution in [3.05, 3.63) is 47.9 Å². The van der Waals surface area contributed by atoms with E-state index in [4.69, 9.17) is 4.42 Å². The number of carbonyl (C=O) groups excluding carboxylic acids is 2. The second-order valence-electron chi connectivity index (χ2n) is 4.01. The summed E-state index contributed by atoms with van der Waals surface area (Å²) in [7, 11) is 1.80. The summed E-state index contributed by atoms with van der Waals surface area (Å²) in [4.78, 5) is 23.0. The minimum atomic E-state index is -0.388. The molecule has 1 aromatic heterocycles. The first-order valence-corrected chi connectivity index (χ1v) is 5.80. The molecule has 0 radical (unpaired) electrons. The molecule has 0 unspecified atom stereocenters. The fraction of sp³-hybridized carbons (Fsp3) is 0.143. The second kappa shape index (κ2) is 5.39. The molecule has 0 saturated carbocycles. The largest absolute Gasteiger partial charge is 0.448 e. The zero-order valence-electron chi connectivity index (χ0n) is 10.7. The third-order valence-corrected chi connectivity index (χ3v) is 2.59. The molecule has 0 fully saturated rings. The van der Waals surface area contributed by atoms with Gasteiger partial charge in [0.15, 0.2) is 17.3 Å². The minimum absolute atomic E-state index is 0.111. The van der Waals surface area contributed by atoms with Crippen LogP contribution in [0.1, 0.15) is 28.0 Å². The van der Waals surface area contributed by atoms with Gasteiger partial charge in [0.05, 0.1) is 0 Å². The van der Waals surface area contributed by atoms with Gasteiger partial charge in [0.2, 0.25) is 0 Å². The van der Waals surface area contributed by atoms with E-state index in [9.17, 15) is 9.59 Å². The minimum Gasteiger partial charge on any atom is -0.448 e. The van der Waals surface area contributed by atoms with Crippen LogP contribution in [0.3, 0.4) is 0 Å². The first kappa shape index (κ1) is 12.9. The molecular formula is C14H14N2O3. The van der Waals surface area contributed by atoms with Gasteiger partial charge in [-0.1, -0.05) is 6.07 Å². The van der Waals surface area contributed by atoms with Crippen LogP contribution in [0, 0.1) is 0 Å². The van der Waals surface area contributed by atoms with Crippen LogP contribution in [0.15, 0.2) is 40.8 Å². The second-order valence-corrected chi connectivity index (χ2v) is 4.01. The Morgan fingerprint density at radius 3 is 2.37 bits per heavy atom. The molecule has 0 atom stereocenters. The van der Waals surface area contributed by atoms with E-state index in [1.54, 1.807) is 19.2 Å². The van der Waals surface area contributed by atoms with Gasteiger partial charge in [0.1, 0.15) is 0 Å². The predicted octanol–water partition coefficient (Wildman–Crippen LogP) is 2.78. The SMILES string of the molecule is CNc1cccc(NC(=O)c2ccc(C(C)=O)o2)c1. The zero-order chi connectivity index (χ0) is 13.8. The lowest BCUT2D eigenvalue weighted by molar-refractivity contribution is 0.0969. The first-order valence-electron chi connectivity index (χ1n) is 5.80. The van der Waals surface area contributed by atoms with Gasteiger partial charge in [-0.3, -0.25) is 9.59 Å². The Balaban J connectivity index is 2.13. The summed E-state index contributed by atoms with van der Waals surface area (Å²) < 4.78 is 5.16. The van der Waals surface area contributed by atoms with Crippen LogP contribution in [0.5, 0.6) is 0 Å². The van der Waals surface area contributed by atoms with E-state index in [2.05, 4.69) is 10.6 Å². The molecular weight excluding hydrogens is 244 g/mol. The molecule has 2 rings (SSSR count). The summed E-state index contributed by atoms with van der Waals surface area (Å²) in [5.74, 6) is -0.314. The van der Waals surface area contributed by atoms with Crippen LogP contribution >= 0.6 is 0 Å². The number of anilines is 2. The quantitative estimate of drug-likeness (QED) is 0.827. The van der Waals surface area contributed by atoms with Crippen molar-refractivity contribution in [1.82, 2.24) is 0 Å². The molecule has 0 aliphatic rings. The van der Waals surface area contributed by atoms with Crippen LogP contribution in [-0.4, -0.2) is 18.7 Å². The fourth-order valence-corrected chi connectivity index (χ4v) is 1.59. The van der Waals surface area contributed by atoms with Crippen molar-refractivity contribution in [3.63, 3.8) is 0 Å². The number of furan rings is 1. The number of benzene rings is 1. The van der Waals surface area contributed by atoms with Gasteiger partial charge in [-0.05, 0) is 30.3 Å². The van der Waals surface area contributed by atoms with Gasteiger partial charge < -0.3 is 15.1 Å². The standard InChI is InChI=1S/C14H14N2O3/c1-9(17)12-6-7-13(19-12)14(18)16-11-5-3-4-10(8-11)15-2/h3-8,15H,1-2H3,(H,16,18). The number of Topliss-reactive ketones (excluding diaryl/α,β-unsaturated/α-hetero) is 1.